The van der Waals surface area contributed by atoms with Gasteiger partial charge in [0.05, 0.1) is 18.6 Å². The van der Waals surface area contributed by atoms with Crippen molar-refractivity contribution in [2.24, 2.45) is 11.5 Å². The van der Waals surface area contributed by atoms with Crippen molar-refractivity contribution in [1.29, 1.82) is 0 Å². The average Bonchev–Trinajstić information content (AvgIpc) is 2.75. The zero-order valence-corrected chi connectivity index (χ0v) is 27.2. The molecule has 12 nitrogen and oxygen atoms in total. The van der Waals surface area contributed by atoms with E-state index in [-0.39, 0.29) is 99.9 Å². The first kappa shape index (κ1) is 43.2. The van der Waals surface area contributed by atoms with E-state index in [1.54, 1.807) is 21.0 Å². The van der Waals surface area contributed by atoms with Crippen LogP contribution in [0.2, 0.25) is 0 Å². The molecule has 0 heterocycles. The first-order chi connectivity index (χ1) is 15.2. The summed E-state index contributed by atoms with van der Waals surface area (Å²) in [5, 5.41) is 26.1. The number of unbranched alkanes of at least 4 members (excludes halogenated alkanes) is 2. The Morgan fingerprint density at radius 1 is 1.06 bits per heavy atom. The molecule has 0 aromatic carbocycles. The van der Waals surface area contributed by atoms with E-state index in [1.165, 1.54) is 19.3 Å². The molecule has 0 rings (SSSR count). The van der Waals surface area contributed by atoms with Gasteiger partial charge in [-0.25, -0.2) is 0 Å². The Morgan fingerprint density at radius 2 is 1.64 bits per heavy atom. The molecule has 0 aromatic rings. The third-order valence-corrected chi connectivity index (χ3v) is 3.25. The second-order valence-electron chi connectivity index (χ2n) is 6.48. The Hall–Kier alpha value is 0.157. The number of aldehydes is 2. The zero-order valence-electron chi connectivity index (χ0n) is 20.9. The second-order valence-corrected chi connectivity index (χ2v) is 6.48. The SMILES string of the molecule is CCCCN.CNCB(O)O.CNCC(=O)NC(C)C=O.NCCCCC(C=O)N[C-]=O.[Cs+]. The van der Waals surface area contributed by atoms with Crippen LogP contribution < -0.4 is 102 Å². The molecule has 10 N–H and O–H groups in total. The van der Waals surface area contributed by atoms with Gasteiger partial charge in [0.15, 0.2) is 0 Å². The van der Waals surface area contributed by atoms with Crippen molar-refractivity contribution in [1.82, 2.24) is 21.3 Å². The number of likely N-dealkylation sites (N-methyl/N-ethyl adjacent to an activating group) is 1. The predicted octanol–water partition coefficient (Wildman–Crippen LogP) is -5.78. The van der Waals surface area contributed by atoms with Gasteiger partial charge in [-0.3, -0.25) is 4.79 Å². The Balaban J connectivity index is -0.000000110. The molecule has 2 amide bonds. The summed E-state index contributed by atoms with van der Waals surface area (Å²) >= 11 is 0. The van der Waals surface area contributed by atoms with Crippen LogP contribution in [0, 0.1) is 0 Å². The van der Waals surface area contributed by atoms with Gasteiger partial charge in [0, 0.05) is 6.44 Å². The van der Waals surface area contributed by atoms with Crippen molar-refractivity contribution >= 4 is 32.0 Å². The van der Waals surface area contributed by atoms with E-state index in [0.717, 1.165) is 19.4 Å². The molecule has 14 heteroatoms. The molecule has 0 saturated carbocycles. The van der Waals surface area contributed by atoms with Gasteiger partial charge in [-0.05, 0) is 59.8 Å². The molecule has 0 aromatic heterocycles. The molecular weight excluding hydrogens is 552 g/mol. The fraction of sp³-hybridized carbons (Fsp3) is 0.789. The summed E-state index contributed by atoms with van der Waals surface area (Å²) in [6.45, 7) is 5.47. The Bertz CT molecular complexity index is 426. The number of rotatable bonds is 15. The summed E-state index contributed by atoms with van der Waals surface area (Å²) < 4.78 is 0. The maximum absolute atomic E-state index is 10.7. The van der Waals surface area contributed by atoms with Crippen LogP contribution >= 0.6 is 0 Å². The molecule has 0 saturated heterocycles. The van der Waals surface area contributed by atoms with Crippen LogP contribution in [0.4, 0.5) is 0 Å². The largest absolute Gasteiger partial charge is 1.00 e. The average molecular weight is 596 g/mol. The van der Waals surface area contributed by atoms with E-state index in [4.69, 9.17) is 21.5 Å². The Labute approximate surface area is 258 Å². The van der Waals surface area contributed by atoms with E-state index < -0.39 is 7.12 Å². The number of carbonyl (C=O) groups is 3. The summed E-state index contributed by atoms with van der Waals surface area (Å²) in [5.41, 5.74) is 10.4. The van der Waals surface area contributed by atoms with Crippen molar-refractivity contribution in [3.05, 3.63) is 0 Å². The third kappa shape index (κ3) is 50.1. The van der Waals surface area contributed by atoms with E-state index in [0.29, 0.717) is 25.5 Å². The van der Waals surface area contributed by atoms with Gasteiger partial charge < -0.3 is 57.2 Å². The van der Waals surface area contributed by atoms with Crippen LogP contribution in [0.5, 0.6) is 0 Å². The summed E-state index contributed by atoms with van der Waals surface area (Å²) in [6.07, 6.45) is 7.89. The van der Waals surface area contributed by atoms with Gasteiger partial charge in [0.1, 0.15) is 12.6 Å². The molecule has 0 aliphatic rings. The molecule has 2 atom stereocenters. The van der Waals surface area contributed by atoms with Crippen LogP contribution in [-0.2, 0) is 19.2 Å². The fourth-order valence-corrected chi connectivity index (χ4v) is 1.64. The number of amides is 2. The number of nitrogens with two attached hydrogens (primary N) is 2. The van der Waals surface area contributed by atoms with E-state index in [9.17, 15) is 19.2 Å². The van der Waals surface area contributed by atoms with Crippen molar-refractivity contribution in [3.8, 4) is 0 Å². The normalized spacial score (nSPS) is 10.5. The van der Waals surface area contributed by atoms with Crippen molar-refractivity contribution in [2.45, 2.75) is 58.0 Å². The first-order valence-corrected chi connectivity index (χ1v) is 10.6. The molecule has 2 unspecified atom stereocenters. The van der Waals surface area contributed by atoms with Crippen LogP contribution in [0.3, 0.4) is 0 Å². The molecule has 0 fully saturated rings. The summed E-state index contributed by atoms with van der Waals surface area (Å²) in [7, 11) is 2.11. The fourth-order valence-electron chi connectivity index (χ4n) is 1.64. The molecule has 0 bridgehead atoms. The van der Waals surface area contributed by atoms with Crippen LogP contribution in [-0.4, -0.2) is 94.3 Å². The van der Waals surface area contributed by atoms with Crippen molar-refractivity contribution < 1.29 is 98.1 Å². The minimum absolute atomic E-state index is 0. The maximum Gasteiger partial charge on any atom is 1.00 e. The molecule has 190 valence electrons. The Kier molecular flexibility index (Phi) is 51.6. The standard InChI is InChI=1S/C7H13N2O2.C6H12N2O2.C4H11N.C2H8BNO2.Cs/c8-4-2-1-3-7(5-10)9-6-11;1-5(4-9)8-6(10)3-7-2;1-2-3-4-5;1-4-2-3(5)6;/h5,7H,1-4,8H2,(H,9,11);4-5,7H,3H2,1-2H3,(H,8,10);2-5H2,1H3;4-6H,2H2,1H3;/q-1;;;;+1. The summed E-state index contributed by atoms with van der Waals surface area (Å²) in [5.74, 6) is -0.165. The summed E-state index contributed by atoms with van der Waals surface area (Å²) in [4.78, 5) is 40.7. The minimum Gasteiger partial charge on any atom is -0.522 e. The number of nitrogens with one attached hydrogen (secondary N) is 4. The van der Waals surface area contributed by atoms with E-state index in [2.05, 4.69) is 28.2 Å². The Morgan fingerprint density at radius 3 is 1.91 bits per heavy atom. The molecular formula is C19H44BCsN6O6. The summed E-state index contributed by atoms with van der Waals surface area (Å²) in [6, 6.07) is -0.778. The van der Waals surface area contributed by atoms with Crippen LogP contribution in [0.15, 0.2) is 0 Å². The minimum atomic E-state index is -1.21. The molecule has 0 spiro atoms. The molecule has 0 aliphatic heterocycles. The zero-order chi connectivity index (χ0) is 25.6. The van der Waals surface area contributed by atoms with Crippen molar-refractivity contribution in [2.75, 3.05) is 40.2 Å². The van der Waals surface area contributed by atoms with Gasteiger partial charge in [0.2, 0.25) is 5.91 Å². The van der Waals surface area contributed by atoms with Crippen LogP contribution in [0.1, 0.15) is 46.0 Å². The van der Waals surface area contributed by atoms with Crippen LogP contribution in [0.25, 0.3) is 0 Å². The monoisotopic (exact) mass is 596 g/mol. The third-order valence-electron chi connectivity index (χ3n) is 3.25. The number of hydrogen-bond acceptors (Lipinski definition) is 10. The molecule has 0 radical (unpaired) electrons. The van der Waals surface area contributed by atoms with Gasteiger partial charge in [-0.2, -0.15) is 6.41 Å². The molecule has 33 heavy (non-hydrogen) atoms. The van der Waals surface area contributed by atoms with Gasteiger partial charge in [-0.15, -0.1) is 0 Å². The molecule has 0 aliphatic carbocycles. The number of hydrogen-bond donors (Lipinski definition) is 8. The number of carbonyl (C=O) groups excluding carboxylic acids is 4. The predicted molar refractivity (Wildman–Crippen MR) is 127 cm³/mol. The topological polar surface area (TPSA) is 209 Å². The second kappa shape index (κ2) is 39.4. The first-order valence-electron chi connectivity index (χ1n) is 10.6. The van der Waals surface area contributed by atoms with Gasteiger partial charge in [0.25, 0.3) is 0 Å². The van der Waals surface area contributed by atoms with E-state index in [1.807, 2.05) is 0 Å². The van der Waals surface area contributed by atoms with Gasteiger partial charge >= 0.3 is 76.0 Å². The van der Waals surface area contributed by atoms with Crippen molar-refractivity contribution in [3.63, 3.8) is 0 Å². The smallest absolute Gasteiger partial charge is 0.522 e. The quantitative estimate of drug-likeness (QED) is 0.0295. The van der Waals surface area contributed by atoms with E-state index >= 15 is 0 Å². The van der Waals surface area contributed by atoms with Gasteiger partial charge in [-0.1, -0.05) is 13.3 Å². The maximum atomic E-state index is 10.7.